The van der Waals surface area contributed by atoms with E-state index in [9.17, 15) is 9.90 Å². The highest BCUT2D eigenvalue weighted by molar-refractivity contribution is 9.10. The van der Waals surface area contributed by atoms with Gasteiger partial charge >= 0.3 is 0 Å². The van der Waals surface area contributed by atoms with Crippen LogP contribution >= 0.6 is 40.7 Å². The number of amides is 1. The predicted molar refractivity (Wildman–Crippen MR) is 114 cm³/mol. The first-order valence-electron chi connectivity index (χ1n) is 8.52. The highest BCUT2D eigenvalue weighted by Gasteiger charge is 2.38. The molecular weight excluding hydrogens is 441 g/mol. The SMILES string of the molecule is CCC1CN(C(=O)C(C)(N)c2ccc(Br)cc2)CCN1CC(C)O.Cl.Cl. The van der Waals surface area contributed by atoms with E-state index in [4.69, 9.17) is 5.73 Å². The lowest BCUT2D eigenvalue weighted by atomic mass is 9.91. The van der Waals surface area contributed by atoms with Crippen LogP contribution < -0.4 is 5.73 Å². The third-order valence-corrected chi connectivity index (χ3v) is 5.28. The third kappa shape index (κ3) is 6.08. The fraction of sp³-hybridized carbons (Fsp3) is 0.611. The molecule has 3 atom stereocenters. The normalized spacial score (nSPS) is 21.2. The van der Waals surface area contributed by atoms with Gasteiger partial charge in [0, 0.05) is 36.7 Å². The van der Waals surface area contributed by atoms with E-state index < -0.39 is 5.54 Å². The van der Waals surface area contributed by atoms with Gasteiger partial charge in [-0.1, -0.05) is 35.0 Å². The Bertz CT molecular complexity index is 570. The van der Waals surface area contributed by atoms with Crippen molar-refractivity contribution in [2.75, 3.05) is 26.2 Å². The van der Waals surface area contributed by atoms with E-state index >= 15 is 0 Å². The zero-order valence-electron chi connectivity index (χ0n) is 15.5. The van der Waals surface area contributed by atoms with Crippen LogP contribution in [0.1, 0.15) is 32.8 Å². The molecule has 0 aliphatic carbocycles. The number of carbonyl (C=O) groups excluding carboxylic acids is 1. The van der Waals surface area contributed by atoms with Gasteiger partial charge in [0.2, 0.25) is 5.91 Å². The summed E-state index contributed by atoms with van der Waals surface area (Å²) in [5.41, 5.74) is 6.18. The Morgan fingerprint density at radius 1 is 1.35 bits per heavy atom. The molecule has 0 aromatic heterocycles. The van der Waals surface area contributed by atoms with Crippen molar-refractivity contribution in [3.8, 4) is 0 Å². The molecule has 1 amide bonds. The van der Waals surface area contributed by atoms with E-state index in [0.717, 1.165) is 23.0 Å². The van der Waals surface area contributed by atoms with Crippen molar-refractivity contribution < 1.29 is 9.90 Å². The number of carbonyl (C=O) groups is 1. The number of nitrogens with zero attached hydrogens (tertiary/aromatic N) is 2. The molecule has 2 rings (SSSR count). The van der Waals surface area contributed by atoms with Gasteiger partial charge in [0.1, 0.15) is 5.54 Å². The van der Waals surface area contributed by atoms with E-state index in [1.54, 1.807) is 13.8 Å². The molecule has 0 bridgehead atoms. The van der Waals surface area contributed by atoms with Crippen molar-refractivity contribution >= 4 is 46.7 Å². The molecule has 5 nitrogen and oxygen atoms in total. The summed E-state index contributed by atoms with van der Waals surface area (Å²) >= 11 is 3.41. The quantitative estimate of drug-likeness (QED) is 0.694. The van der Waals surface area contributed by atoms with Gasteiger partial charge in [0.25, 0.3) is 0 Å². The zero-order chi connectivity index (χ0) is 17.9. The maximum atomic E-state index is 13.0. The molecule has 0 spiro atoms. The Morgan fingerprint density at radius 3 is 2.42 bits per heavy atom. The van der Waals surface area contributed by atoms with Crippen LogP contribution in [0.5, 0.6) is 0 Å². The maximum absolute atomic E-state index is 13.0. The average molecular weight is 471 g/mol. The molecule has 26 heavy (non-hydrogen) atoms. The molecule has 1 aromatic rings. The van der Waals surface area contributed by atoms with Crippen LogP contribution in [0.15, 0.2) is 28.7 Å². The van der Waals surface area contributed by atoms with E-state index in [0.29, 0.717) is 19.6 Å². The molecular formula is C18H30BrCl2N3O2. The first-order chi connectivity index (χ1) is 11.3. The minimum Gasteiger partial charge on any atom is -0.392 e. The Morgan fingerprint density at radius 2 is 1.92 bits per heavy atom. The second-order valence-electron chi connectivity index (χ2n) is 6.87. The lowest BCUT2D eigenvalue weighted by Gasteiger charge is -2.43. The van der Waals surface area contributed by atoms with E-state index in [1.807, 2.05) is 29.2 Å². The van der Waals surface area contributed by atoms with Crippen LogP contribution in [0.3, 0.4) is 0 Å². The van der Waals surface area contributed by atoms with Crippen molar-refractivity contribution in [1.29, 1.82) is 0 Å². The molecule has 3 unspecified atom stereocenters. The number of aliphatic hydroxyl groups excluding tert-OH is 1. The van der Waals surface area contributed by atoms with Gasteiger partial charge in [-0.3, -0.25) is 9.69 Å². The van der Waals surface area contributed by atoms with Crippen LogP contribution in [0, 0.1) is 0 Å². The van der Waals surface area contributed by atoms with Crippen LogP contribution in [0.2, 0.25) is 0 Å². The molecule has 1 heterocycles. The predicted octanol–water partition coefficient (Wildman–Crippen LogP) is 2.77. The number of benzene rings is 1. The van der Waals surface area contributed by atoms with Gasteiger partial charge < -0.3 is 15.7 Å². The molecule has 150 valence electrons. The monoisotopic (exact) mass is 469 g/mol. The van der Waals surface area contributed by atoms with Crippen LogP contribution in [-0.4, -0.2) is 59.1 Å². The molecule has 1 saturated heterocycles. The minimum atomic E-state index is -1.04. The summed E-state index contributed by atoms with van der Waals surface area (Å²) in [5, 5.41) is 9.65. The molecule has 3 N–H and O–H groups in total. The highest BCUT2D eigenvalue weighted by Crippen LogP contribution is 2.24. The van der Waals surface area contributed by atoms with Gasteiger partial charge in [-0.2, -0.15) is 0 Å². The Hall–Kier alpha value is -0.370. The number of hydrogen-bond donors (Lipinski definition) is 2. The summed E-state index contributed by atoms with van der Waals surface area (Å²) < 4.78 is 0.965. The largest absolute Gasteiger partial charge is 0.392 e. The van der Waals surface area contributed by atoms with Gasteiger partial charge in [-0.05, 0) is 38.0 Å². The summed E-state index contributed by atoms with van der Waals surface area (Å²) in [4.78, 5) is 17.2. The summed E-state index contributed by atoms with van der Waals surface area (Å²) in [7, 11) is 0. The van der Waals surface area contributed by atoms with Crippen LogP contribution in [-0.2, 0) is 10.3 Å². The molecule has 0 saturated carbocycles. The molecule has 8 heteroatoms. The third-order valence-electron chi connectivity index (χ3n) is 4.75. The number of aliphatic hydroxyl groups is 1. The van der Waals surface area contributed by atoms with Crippen molar-refractivity contribution in [2.24, 2.45) is 5.73 Å². The van der Waals surface area contributed by atoms with Crippen LogP contribution in [0.25, 0.3) is 0 Å². The van der Waals surface area contributed by atoms with Crippen molar-refractivity contribution in [1.82, 2.24) is 9.80 Å². The number of β-amino-alcohol motifs (C(OH)–C–C–N with tert-alkyl or cyclic N) is 1. The summed E-state index contributed by atoms with van der Waals surface area (Å²) in [6.45, 7) is 8.41. The summed E-state index contributed by atoms with van der Waals surface area (Å²) in [6.07, 6.45) is 0.583. The van der Waals surface area contributed by atoms with Crippen molar-refractivity contribution in [2.45, 2.75) is 44.9 Å². The van der Waals surface area contributed by atoms with E-state index in [1.165, 1.54) is 0 Å². The van der Waals surface area contributed by atoms with Gasteiger partial charge in [-0.15, -0.1) is 24.8 Å². The Kier molecular flexibility index (Phi) is 10.7. The summed E-state index contributed by atoms with van der Waals surface area (Å²) in [5.74, 6) is -0.0417. The van der Waals surface area contributed by atoms with Crippen molar-refractivity contribution in [3.05, 3.63) is 34.3 Å². The van der Waals surface area contributed by atoms with E-state index in [-0.39, 0.29) is 42.9 Å². The standard InChI is InChI=1S/C18H28BrN3O2.2ClH/c1-4-16-12-22(10-9-21(16)11-13(2)23)17(24)18(3,20)14-5-7-15(19)8-6-14;;/h5-8,13,16,23H,4,9-12,20H2,1-3H3;2*1H. The van der Waals surface area contributed by atoms with Gasteiger partial charge in [0.15, 0.2) is 0 Å². The van der Waals surface area contributed by atoms with Crippen molar-refractivity contribution in [3.63, 3.8) is 0 Å². The van der Waals surface area contributed by atoms with E-state index in [2.05, 4.69) is 27.8 Å². The second kappa shape index (κ2) is 10.8. The number of hydrogen-bond acceptors (Lipinski definition) is 4. The Balaban J connectivity index is 0.00000312. The van der Waals surface area contributed by atoms with Gasteiger partial charge in [-0.25, -0.2) is 0 Å². The van der Waals surface area contributed by atoms with Gasteiger partial charge in [0.05, 0.1) is 6.10 Å². The zero-order valence-corrected chi connectivity index (χ0v) is 18.7. The number of piperazine rings is 1. The smallest absolute Gasteiger partial charge is 0.247 e. The first-order valence-corrected chi connectivity index (χ1v) is 9.31. The lowest BCUT2D eigenvalue weighted by molar-refractivity contribution is -0.140. The number of nitrogens with two attached hydrogens (primary N) is 1. The minimum absolute atomic E-state index is 0. The molecule has 0 radical (unpaired) electrons. The summed E-state index contributed by atoms with van der Waals surface area (Å²) in [6, 6.07) is 7.86. The molecule has 1 aliphatic rings. The Labute approximate surface area is 177 Å². The maximum Gasteiger partial charge on any atom is 0.247 e. The number of halogens is 3. The molecule has 1 aliphatic heterocycles. The fourth-order valence-electron chi connectivity index (χ4n) is 3.29. The average Bonchev–Trinajstić information content (AvgIpc) is 2.54. The number of rotatable bonds is 5. The second-order valence-corrected chi connectivity index (χ2v) is 7.78. The first kappa shape index (κ1) is 25.6. The highest BCUT2D eigenvalue weighted by atomic mass is 79.9. The topological polar surface area (TPSA) is 69.8 Å². The lowest BCUT2D eigenvalue weighted by Crippen LogP contribution is -2.60. The molecule has 1 aromatic carbocycles. The van der Waals surface area contributed by atoms with Crippen LogP contribution in [0.4, 0.5) is 0 Å². The molecule has 1 fully saturated rings. The fourth-order valence-corrected chi connectivity index (χ4v) is 3.56.